The number of ether oxygens (including phenoxy) is 1. The van der Waals surface area contributed by atoms with Crippen LogP contribution in [0.25, 0.3) is 0 Å². The van der Waals surface area contributed by atoms with Gasteiger partial charge in [0.1, 0.15) is 0 Å². The molecule has 0 aliphatic heterocycles. The lowest BCUT2D eigenvalue weighted by atomic mass is 9.84. The number of nitrogens with zero attached hydrogens (tertiary/aromatic N) is 1. The van der Waals surface area contributed by atoms with Crippen molar-refractivity contribution in [1.29, 1.82) is 0 Å². The van der Waals surface area contributed by atoms with Gasteiger partial charge in [-0.3, -0.25) is 0 Å². The summed E-state index contributed by atoms with van der Waals surface area (Å²) in [7, 11) is 6.15. The highest BCUT2D eigenvalue weighted by atomic mass is 16.5. The van der Waals surface area contributed by atoms with Crippen molar-refractivity contribution in [3.8, 4) is 0 Å². The van der Waals surface area contributed by atoms with Gasteiger partial charge in [-0.1, -0.05) is 6.92 Å². The molecule has 0 amide bonds. The third-order valence-corrected chi connectivity index (χ3v) is 3.13. The molecular formula is C10H21NO. The third-order valence-electron chi connectivity index (χ3n) is 3.13. The molecule has 0 bridgehead atoms. The van der Waals surface area contributed by atoms with Crippen LogP contribution in [0, 0.1) is 5.92 Å². The molecule has 0 aromatic carbocycles. The van der Waals surface area contributed by atoms with Crippen LogP contribution in [-0.2, 0) is 4.74 Å². The van der Waals surface area contributed by atoms with Crippen LogP contribution in [0.3, 0.4) is 0 Å². The minimum absolute atomic E-state index is 0.478. The molecule has 2 unspecified atom stereocenters. The van der Waals surface area contributed by atoms with Crippen LogP contribution < -0.4 is 0 Å². The average Bonchev–Trinajstić information content (AvgIpc) is 2.05. The highest BCUT2D eigenvalue weighted by Crippen LogP contribution is 2.28. The largest absolute Gasteiger partial charge is 0.381 e. The van der Waals surface area contributed by atoms with Crippen LogP contribution >= 0.6 is 0 Å². The summed E-state index contributed by atoms with van der Waals surface area (Å²) in [5.41, 5.74) is 0. The van der Waals surface area contributed by atoms with Gasteiger partial charge >= 0.3 is 0 Å². The number of methoxy groups -OCH3 is 1. The van der Waals surface area contributed by atoms with E-state index in [2.05, 4.69) is 25.9 Å². The maximum atomic E-state index is 5.46. The zero-order valence-electron chi connectivity index (χ0n) is 8.71. The monoisotopic (exact) mass is 171 g/mol. The Labute approximate surface area is 75.9 Å². The van der Waals surface area contributed by atoms with Crippen molar-refractivity contribution in [1.82, 2.24) is 4.90 Å². The Morgan fingerprint density at radius 2 is 1.92 bits per heavy atom. The molecular weight excluding hydrogens is 150 g/mol. The maximum Gasteiger partial charge on any atom is 0.0611 e. The Morgan fingerprint density at radius 3 is 2.42 bits per heavy atom. The van der Waals surface area contributed by atoms with Crippen LogP contribution in [0.5, 0.6) is 0 Å². The second kappa shape index (κ2) is 4.24. The highest BCUT2D eigenvalue weighted by Gasteiger charge is 2.28. The van der Waals surface area contributed by atoms with Crippen LogP contribution in [0.4, 0.5) is 0 Å². The van der Waals surface area contributed by atoms with Gasteiger partial charge in [-0.05, 0) is 39.3 Å². The van der Waals surface area contributed by atoms with Crippen molar-refractivity contribution in [2.45, 2.75) is 38.3 Å². The average molecular weight is 171 g/mol. The summed E-state index contributed by atoms with van der Waals surface area (Å²) in [6.07, 6.45) is 4.31. The summed E-state index contributed by atoms with van der Waals surface area (Å²) in [5.74, 6) is 0.742. The fourth-order valence-electron chi connectivity index (χ4n) is 2.06. The molecule has 12 heavy (non-hydrogen) atoms. The Hall–Kier alpha value is -0.0800. The van der Waals surface area contributed by atoms with Crippen molar-refractivity contribution in [3.05, 3.63) is 0 Å². The number of hydrogen-bond acceptors (Lipinski definition) is 2. The van der Waals surface area contributed by atoms with Crippen LogP contribution in [0.2, 0.25) is 0 Å². The second-order valence-electron chi connectivity index (χ2n) is 4.18. The summed E-state index contributed by atoms with van der Waals surface area (Å²) in [4.78, 5) is 2.32. The van der Waals surface area contributed by atoms with Gasteiger partial charge in [-0.25, -0.2) is 0 Å². The molecule has 0 aromatic rings. The van der Waals surface area contributed by atoms with E-state index in [4.69, 9.17) is 4.74 Å². The fourth-order valence-corrected chi connectivity index (χ4v) is 2.06. The molecule has 0 heterocycles. The second-order valence-corrected chi connectivity index (χ2v) is 4.18. The zero-order valence-corrected chi connectivity index (χ0v) is 8.71. The lowest BCUT2D eigenvalue weighted by Gasteiger charge is -2.36. The third kappa shape index (κ3) is 2.20. The van der Waals surface area contributed by atoms with Gasteiger partial charge in [0, 0.05) is 13.2 Å². The van der Waals surface area contributed by atoms with E-state index in [0.29, 0.717) is 6.10 Å². The summed E-state index contributed by atoms with van der Waals surface area (Å²) >= 11 is 0. The van der Waals surface area contributed by atoms with E-state index in [1.807, 2.05) is 7.11 Å². The fraction of sp³-hybridized carbons (Fsp3) is 1.00. The van der Waals surface area contributed by atoms with Crippen molar-refractivity contribution >= 4 is 0 Å². The minimum Gasteiger partial charge on any atom is -0.381 e. The predicted octanol–water partition coefficient (Wildman–Crippen LogP) is 1.75. The molecule has 0 saturated heterocycles. The number of hydrogen-bond donors (Lipinski definition) is 0. The van der Waals surface area contributed by atoms with Gasteiger partial charge in [0.05, 0.1) is 6.10 Å². The summed E-state index contributed by atoms with van der Waals surface area (Å²) in [5, 5.41) is 0. The van der Waals surface area contributed by atoms with E-state index in [0.717, 1.165) is 12.0 Å². The lowest BCUT2D eigenvalue weighted by Crippen LogP contribution is -2.39. The molecule has 1 fully saturated rings. The summed E-state index contributed by atoms with van der Waals surface area (Å²) in [6.45, 7) is 2.29. The Kier molecular flexibility index (Phi) is 3.53. The first-order valence-corrected chi connectivity index (χ1v) is 4.84. The van der Waals surface area contributed by atoms with Crippen LogP contribution in [0.15, 0.2) is 0 Å². The van der Waals surface area contributed by atoms with Crippen molar-refractivity contribution < 1.29 is 4.74 Å². The molecule has 1 saturated carbocycles. The van der Waals surface area contributed by atoms with E-state index < -0.39 is 0 Å². The van der Waals surface area contributed by atoms with Crippen LogP contribution in [0.1, 0.15) is 26.2 Å². The molecule has 0 radical (unpaired) electrons. The first kappa shape index (κ1) is 10.0. The SMILES string of the molecule is CO[C@@H]1CC(N(C)C)CCC1C. The Balaban J connectivity index is 2.44. The zero-order chi connectivity index (χ0) is 9.14. The molecule has 1 aliphatic rings. The Morgan fingerprint density at radius 1 is 1.25 bits per heavy atom. The van der Waals surface area contributed by atoms with Gasteiger partial charge in [0.2, 0.25) is 0 Å². The van der Waals surface area contributed by atoms with Gasteiger partial charge in [0.25, 0.3) is 0 Å². The summed E-state index contributed by atoms with van der Waals surface area (Å²) in [6, 6.07) is 0.728. The predicted molar refractivity (Wildman–Crippen MR) is 51.3 cm³/mol. The molecule has 1 rings (SSSR count). The van der Waals surface area contributed by atoms with Crippen molar-refractivity contribution in [2.75, 3.05) is 21.2 Å². The van der Waals surface area contributed by atoms with Crippen molar-refractivity contribution in [3.63, 3.8) is 0 Å². The maximum absolute atomic E-state index is 5.46. The Bertz CT molecular complexity index is 136. The van der Waals surface area contributed by atoms with Gasteiger partial charge < -0.3 is 9.64 Å². The molecule has 0 spiro atoms. The molecule has 72 valence electrons. The molecule has 0 aromatic heterocycles. The van der Waals surface area contributed by atoms with Gasteiger partial charge in [0.15, 0.2) is 0 Å². The molecule has 0 N–H and O–H groups in total. The smallest absolute Gasteiger partial charge is 0.0611 e. The molecule has 1 aliphatic carbocycles. The number of rotatable bonds is 2. The first-order chi connectivity index (χ1) is 5.65. The summed E-state index contributed by atoms with van der Waals surface area (Å²) < 4.78 is 5.46. The van der Waals surface area contributed by atoms with Gasteiger partial charge in [-0.2, -0.15) is 0 Å². The van der Waals surface area contributed by atoms with Crippen LogP contribution in [-0.4, -0.2) is 38.3 Å². The van der Waals surface area contributed by atoms with Crippen molar-refractivity contribution in [2.24, 2.45) is 5.92 Å². The minimum atomic E-state index is 0.478. The molecule has 2 heteroatoms. The van der Waals surface area contributed by atoms with E-state index in [1.54, 1.807) is 0 Å². The first-order valence-electron chi connectivity index (χ1n) is 4.84. The highest BCUT2D eigenvalue weighted by molar-refractivity contribution is 4.82. The normalized spacial score (nSPS) is 37.2. The van der Waals surface area contributed by atoms with E-state index in [9.17, 15) is 0 Å². The molecule has 2 nitrogen and oxygen atoms in total. The van der Waals surface area contributed by atoms with E-state index in [1.165, 1.54) is 19.3 Å². The lowest BCUT2D eigenvalue weighted by molar-refractivity contribution is 0.00359. The van der Waals surface area contributed by atoms with Gasteiger partial charge in [-0.15, -0.1) is 0 Å². The quantitative estimate of drug-likeness (QED) is 0.627. The van der Waals surface area contributed by atoms with E-state index in [-0.39, 0.29) is 0 Å². The topological polar surface area (TPSA) is 12.5 Å². The standard InChI is InChI=1S/C10H21NO/c1-8-5-6-9(11(2)3)7-10(8)12-4/h8-10H,5-7H2,1-4H3/t8?,9?,10-/m1/s1. The molecule has 3 atom stereocenters. The van der Waals surface area contributed by atoms with E-state index >= 15 is 0 Å².